The Morgan fingerprint density at radius 2 is 1.03 bits per heavy atom. The summed E-state index contributed by atoms with van der Waals surface area (Å²) in [6.07, 6.45) is 0. The number of hydrogen-bond donors (Lipinski definition) is 5. The number of amides is 1. The Kier molecular flexibility index (Phi) is 7.20. The summed E-state index contributed by atoms with van der Waals surface area (Å²) in [7, 11) is 0. The van der Waals surface area contributed by atoms with Crippen LogP contribution in [0.25, 0.3) is 0 Å². The van der Waals surface area contributed by atoms with Crippen LogP contribution < -0.4 is 33.8 Å². The van der Waals surface area contributed by atoms with Gasteiger partial charge in [0.05, 0.1) is 17.1 Å². The van der Waals surface area contributed by atoms with Crippen molar-refractivity contribution in [3.05, 3.63) is 65.2 Å². The highest BCUT2D eigenvalue weighted by Crippen LogP contribution is 2.16. The molecule has 1 amide bonds. The first-order valence-electron chi connectivity index (χ1n) is 8.75. The van der Waals surface area contributed by atoms with Gasteiger partial charge in [0.1, 0.15) is 0 Å². The molecule has 2 rings (SSSR count). The molecule has 0 spiro atoms. The molecule has 156 valence electrons. The summed E-state index contributed by atoms with van der Waals surface area (Å²) in [5, 5.41) is 16.1. The number of carbonyl (C=O) groups excluding carboxylic acids is 1. The molecule has 0 aliphatic carbocycles. The fourth-order valence-electron chi connectivity index (χ4n) is 2.35. The van der Waals surface area contributed by atoms with Crippen molar-refractivity contribution >= 4 is 34.9 Å². The molecule has 2 aromatic rings. The van der Waals surface area contributed by atoms with E-state index in [1.54, 1.807) is 62.4 Å². The molecule has 11 nitrogen and oxygen atoms in total. The molecule has 0 fully saturated rings. The van der Waals surface area contributed by atoms with Crippen LogP contribution in [-0.4, -0.2) is 29.2 Å². The van der Waals surface area contributed by atoms with Gasteiger partial charge in [-0.2, -0.15) is 10.2 Å². The second-order valence-corrected chi connectivity index (χ2v) is 6.22. The second kappa shape index (κ2) is 9.80. The van der Waals surface area contributed by atoms with Crippen LogP contribution in [-0.2, 0) is 0 Å². The van der Waals surface area contributed by atoms with E-state index in [0.29, 0.717) is 22.7 Å². The molecule has 0 heterocycles. The number of hydrogen-bond acceptors (Lipinski definition) is 6. The fourth-order valence-corrected chi connectivity index (χ4v) is 2.35. The highest BCUT2D eigenvalue weighted by molar-refractivity contribution is 6.07. The lowest BCUT2D eigenvalue weighted by Crippen LogP contribution is -2.37. The third-order valence-corrected chi connectivity index (χ3v) is 3.96. The van der Waals surface area contributed by atoms with Crippen LogP contribution in [0.5, 0.6) is 0 Å². The molecule has 0 unspecified atom stereocenters. The molecule has 10 N–H and O–H groups in total. The topological polar surface area (TPSA) is 200 Å². The van der Waals surface area contributed by atoms with Crippen LogP contribution in [0, 0.1) is 0 Å². The average Bonchev–Trinajstić information content (AvgIpc) is 2.74. The molecule has 0 bridgehead atoms. The van der Waals surface area contributed by atoms with Crippen molar-refractivity contribution in [1.29, 1.82) is 0 Å². The maximum absolute atomic E-state index is 12.7. The van der Waals surface area contributed by atoms with Gasteiger partial charge < -0.3 is 22.9 Å². The van der Waals surface area contributed by atoms with E-state index in [0.717, 1.165) is 16.1 Å². The van der Waals surface area contributed by atoms with Gasteiger partial charge in [-0.3, -0.25) is 4.79 Å². The number of carbonyl (C=O) groups is 1. The Bertz CT molecular complexity index is 1010. The molecule has 0 atom stereocenters. The maximum Gasteiger partial charge on any atom is 0.272 e. The average molecular weight is 408 g/mol. The van der Waals surface area contributed by atoms with Gasteiger partial charge >= 0.3 is 0 Å². The zero-order valence-corrected chi connectivity index (χ0v) is 16.6. The van der Waals surface area contributed by atoms with Crippen molar-refractivity contribution in [2.45, 2.75) is 13.8 Å². The molecule has 0 aliphatic rings. The number of benzene rings is 2. The van der Waals surface area contributed by atoms with Crippen LogP contribution >= 0.6 is 0 Å². The third kappa shape index (κ3) is 5.87. The molecule has 0 saturated heterocycles. The number of nitrogens with two attached hydrogens (primary N) is 5. The van der Waals surface area contributed by atoms with Gasteiger partial charge in [-0.1, -0.05) is 24.3 Å². The summed E-state index contributed by atoms with van der Waals surface area (Å²) in [5.41, 5.74) is 24.7. The van der Waals surface area contributed by atoms with Gasteiger partial charge in [0.15, 0.2) is 0 Å². The quantitative estimate of drug-likeness (QED) is 0.148. The number of rotatable bonds is 6. The highest BCUT2D eigenvalue weighted by atomic mass is 16.2. The molecule has 0 aliphatic heterocycles. The monoisotopic (exact) mass is 408 g/mol. The standard InChI is InChI=1S/C19H24N10O/c1-11(25-27-18(20)21)13-3-5-15(6-4-13)17(30)29(24)16-9-7-14(8-10-16)12(2)26-28-19(22)23/h3-10H,24H2,1-2H3,(H4,20,21,27)(H4,22,23,28)/b25-11+,26-12+. The minimum Gasteiger partial charge on any atom is -0.369 e. The van der Waals surface area contributed by atoms with Crippen molar-refractivity contribution in [1.82, 2.24) is 0 Å². The minimum absolute atomic E-state index is 0.131. The Labute approximate surface area is 173 Å². The first-order valence-corrected chi connectivity index (χ1v) is 8.75. The van der Waals surface area contributed by atoms with Crippen molar-refractivity contribution in [3.63, 3.8) is 0 Å². The normalized spacial score (nSPS) is 11.6. The molecule has 11 heteroatoms. The van der Waals surface area contributed by atoms with Crippen LogP contribution in [0.3, 0.4) is 0 Å². The minimum atomic E-state index is -0.376. The molecule has 0 aromatic heterocycles. The van der Waals surface area contributed by atoms with Crippen LogP contribution in [0.15, 0.2) is 68.9 Å². The largest absolute Gasteiger partial charge is 0.369 e. The summed E-state index contributed by atoms with van der Waals surface area (Å²) in [6, 6.07) is 13.7. The van der Waals surface area contributed by atoms with Gasteiger partial charge in [0.25, 0.3) is 5.91 Å². The first kappa shape index (κ1) is 22.0. The van der Waals surface area contributed by atoms with Crippen LogP contribution in [0.1, 0.15) is 35.3 Å². The number of anilines is 1. The summed E-state index contributed by atoms with van der Waals surface area (Å²) in [5.74, 6) is 5.36. The van der Waals surface area contributed by atoms with Gasteiger partial charge in [-0.15, -0.1) is 10.2 Å². The van der Waals surface area contributed by atoms with E-state index in [1.165, 1.54) is 0 Å². The number of guanidine groups is 2. The van der Waals surface area contributed by atoms with Crippen molar-refractivity contribution in [3.8, 4) is 0 Å². The molecular weight excluding hydrogens is 384 g/mol. The Hall–Kier alpha value is -4.25. The summed E-state index contributed by atoms with van der Waals surface area (Å²) in [4.78, 5) is 12.7. The number of nitrogens with zero attached hydrogens (tertiary/aromatic N) is 5. The summed E-state index contributed by atoms with van der Waals surface area (Å²) in [6.45, 7) is 3.51. The molecule has 0 saturated carbocycles. The van der Waals surface area contributed by atoms with Crippen molar-refractivity contribution in [2.24, 2.45) is 49.2 Å². The zero-order valence-electron chi connectivity index (χ0n) is 16.6. The van der Waals surface area contributed by atoms with E-state index in [-0.39, 0.29) is 17.8 Å². The lowest BCUT2D eigenvalue weighted by molar-refractivity contribution is 0.0987. The molecule has 30 heavy (non-hydrogen) atoms. The van der Waals surface area contributed by atoms with Gasteiger partial charge in [-0.25, -0.2) is 10.9 Å². The van der Waals surface area contributed by atoms with Crippen LogP contribution in [0.2, 0.25) is 0 Å². The molecular formula is C19H24N10O. The van der Waals surface area contributed by atoms with Gasteiger partial charge in [-0.05, 0) is 49.2 Å². The van der Waals surface area contributed by atoms with E-state index < -0.39 is 0 Å². The zero-order chi connectivity index (χ0) is 22.3. The lowest BCUT2D eigenvalue weighted by atomic mass is 10.1. The lowest BCUT2D eigenvalue weighted by Gasteiger charge is -2.17. The Balaban J connectivity index is 2.15. The van der Waals surface area contributed by atoms with Gasteiger partial charge in [0, 0.05) is 5.56 Å². The van der Waals surface area contributed by atoms with E-state index in [4.69, 9.17) is 28.8 Å². The Morgan fingerprint density at radius 3 is 1.43 bits per heavy atom. The van der Waals surface area contributed by atoms with E-state index >= 15 is 0 Å². The molecule has 2 aromatic carbocycles. The van der Waals surface area contributed by atoms with E-state index in [9.17, 15) is 4.79 Å². The van der Waals surface area contributed by atoms with Crippen molar-refractivity contribution in [2.75, 3.05) is 5.01 Å². The predicted molar refractivity (Wildman–Crippen MR) is 120 cm³/mol. The van der Waals surface area contributed by atoms with E-state index in [2.05, 4.69) is 20.4 Å². The summed E-state index contributed by atoms with van der Waals surface area (Å²) < 4.78 is 0. The first-order chi connectivity index (χ1) is 14.2. The Morgan fingerprint density at radius 1 is 0.667 bits per heavy atom. The van der Waals surface area contributed by atoms with Crippen molar-refractivity contribution < 1.29 is 4.79 Å². The predicted octanol–water partition coefficient (Wildman–Crippen LogP) is 0.202. The second-order valence-electron chi connectivity index (χ2n) is 6.22. The SMILES string of the molecule is C/C(=N\N=C(N)N)c1ccc(C(=O)N(N)c2ccc(/C(C)=N/N=C(N)N)cc2)cc1. The third-order valence-electron chi connectivity index (χ3n) is 3.96. The fraction of sp³-hybridized carbons (Fsp3) is 0.105. The maximum atomic E-state index is 12.7. The van der Waals surface area contributed by atoms with Crippen LogP contribution in [0.4, 0.5) is 5.69 Å². The number of hydrazine groups is 1. The summed E-state index contributed by atoms with van der Waals surface area (Å²) >= 11 is 0. The highest BCUT2D eigenvalue weighted by Gasteiger charge is 2.15. The smallest absolute Gasteiger partial charge is 0.272 e. The van der Waals surface area contributed by atoms with E-state index in [1.807, 2.05) is 0 Å². The molecule has 0 radical (unpaired) electrons. The van der Waals surface area contributed by atoms with Gasteiger partial charge in [0.2, 0.25) is 11.9 Å².